The highest BCUT2D eigenvalue weighted by Gasteiger charge is 2.35. The van der Waals surface area contributed by atoms with Gasteiger partial charge >= 0.3 is 0 Å². The lowest BCUT2D eigenvalue weighted by Gasteiger charge is -2.34. The molecule has 5 nitrogen and oxygen atoms in total. The molecular weight excluding hydrogens is 326 g/mol. The molecule has 1 aromatic rings. The van der Waals surface area contributed by atoms with Crippen LogP contribution in [0.5, 0.6) is 0 Å². The lowest BCUT2D eigenvalue weighted by Crippen LogP contribution is -2.45. The molecule has 0 N–H and O–H groups in total. The second kappa shape index (κ2) is 7.39. The molecule has 4 rings (SSSR count). The second-order valence-electron chi connectivity index (χ2n) is 8.00. The van der Waals surface area contributed by atoms with Crippen LogP contribution in [-0.2, 0) is 22.6 Å². The van der Waals surface area contributed by atoms with E-state index in [1.165, 1.54) is 11.1 Å². The van der Waals surface area contributed by atoms with E-state index in [1.54, 1.807) is 6.92 Å². The number of benzene rings is 1. The van der Waals surface area contributed by atoms with Crippen molar-refractivity contribution in [3.05, 3.63) is 35.4 Å². The van der Waals surface area contributed by atoms with E-state index in [1.807, 2.05) is 4.90 Å². The third kappa shape index (κ3) is 3.50. The molecule has 2 amide bonds. The summed E-state index contributed by atoms with van der Waals surface area (Å²) in [6.45, 7) is 6.94. The third-order valence-corrected chi connectivity index (χ3v) is 6.44. The summed E-state index contributed by atoms with van der Waals surface area (Å²) in [6, 6.07) is 9.22. The highest BCUT2D eigenvalue weighted by molar-refractivity contribution is 5.80. The smallest absolute Gasteiger partial charge is 0.225 e. The van der Waals surface area contributed by atoms with Gasteiger partial charge in [-0.1, -0.05) is 24.3 Å². The van der Waals surface area contributed by atoms with Gasteiger partial charge in [0.2, 0.25) is 11.8 Å². The van der Waals surface area contributed by atoms with Crippen molar-refractivity contribution in [1.82, 2.24) is 14.7 Å². The van der Waals surface area contributed by atoms with E-state index in [0.29, 0.717) is 11.9 Å². The third-order valence-electron chi connectivity index (χ3n) is 6.44. The van der Waals surface area contributed by atoms with E-state index in [0.717, 1.165) is 65.0 Å². The number of carbonyl (C=O) groups is 2. The highest BCUT2D eigenvalue weighted by Crippen LogP contribution is 2.27. The Kier molecular flexibility index (Phi) is 4.98. The molecular formula is C21H29N3O2. The standard InChI is InChI=1S/C21H29N3O2/c1-16(25)22-10-7-18(8-11-22)21(26)24-13-9-20(15-24)23-12-6-17-4-2-3-5-19(17)14-23/h2-5,18,20H,6-15H2,1H3. The minimum Gasteiger partial charge on any atom is -0.343 e. The molecule has 0 aromatic heterocycles. The van der Waals surface area contributed by atoms with Gasteiger partial charge in [0, 0.05) is 58.2 Å². The maximum absolute atomic E-state index is 12.9. The molecule has 0 radical (unpaired) electrons. The highest BCUT2D eigenvalue weighted by atomic mass is 16.2. The van der Waals surface area contributed by atoms with Crippen LogP contribution in [0.15, 0.2) is 24.3 Å². The van der Waals surface area contributed by atoms with Gasteiger partial charge in [-0.05, 0) is 36.8 Å². The molecule has 5 heteroatoms. The summed E-state index contributed by atoms with van der Waals surface area (Å²) in [5.41, 5.74) is 2.92. The predicted molar refractivity (Wildman–Crippen MR) is 101 cm³/mol. The molecule has 1 unspecified atom stereocenters. The molecule has 1 atom stereocenters. The maximum atomic E-state index is 12.9. The van der Waals surface area contributed by atoms with Crippen molar-refractivity contribution in [2.75, 3.05) is 32.7 Å². The fourth-order valence-corrected chi connectivity index (χ4v) is 4.77. The number of hydrogen-bond acceptors (Lipinski definition) is 3. The summed E-state index contributed by atoms with van der Waals surface area (Å²) in [6.07, 6.45) is 3.83. The monoisotopic (exact) mass is 355 g/mol. The Morgan fingerprint density at radius 1 is 0.923 bits per heavy atom. The summed E-state index contributed by atoms with van der Waals surface area (Å²) >= 11 is 0. The molecule has 26 heavy (non-hydrogen) atoms. The number of carbonyl (C=O) groups excluding carboxylic acids is 2. The van der Waals surface area contributed by atoms with Crippen LogP contribution < -0.4 is 0 Å². The van der Waals surface area contributed by atoms with Crippen LogP contribution in [0.3, 0.4) is 0 Å². The van der Waals surface area contributed by atoms with E-state index in [-0.39, 0.29) is 11.8 Å². The van der Waals surface area contributed by atoms with Crippen molar-refractivity contribution < 1.29 is 9.59 Å². The number of amides is 2. The van der Waals surface area contributed by atoms with Crippen LogP contribution in [0.4, 0.5) is 0 Å². The van der Waals surface area contributed by atoms with Gasteiger partial charge in [0.25, 0.3) is 0 Å². The van der Waals surface area contributed by atoms with Crippen molar-refractivity contribution >= 4 is 11.8 Å². The lowest BCUT2D eigenvalue weighted by molar-refractivity contribution is -0.139. The summed E-state index contributed by atoms with van der Waals surface area (Å²) in [7, 11) is 0. The van der Waals surface area contributed by atoms with Crippen molar-refractivity contribution in [2.24, 2.45) is 5.92 Å². The quantitative estimate of drug-likeness (QED) is 0.814. The first-order valence-electron chi connectivity index (χ1n) is 9.97. The number of likely N-dealkylation sites (tertiary alicyclic amines) is 2. The van der Waals surface area contributed by atoms with Gasteiger partial charge in [-0.2, -0.15) is 0 Å². The van der Waals surface area contributed by atoms with Crippen molar-refractivity contribution in [1.29, 1.82) is 0 Å². The molecule has 140 valence electrons. The van der Waals surface area contributed by atoms with Crippen LogP contribution in [0.1, 0.15) is 37.3 Å². The Balaban J connectivity index is 1.31. The van der Waals surface area contributed by atoms with Gasteiger partial charge in [-0.15, -0.1) is 0 Å². The van der Waals surface area contributed by atoms with Gasteiger partial charge in [0.15, 0.2) is 0 Å². The Hall–Kier alpha value is -1.88. The molecule has 0 bridgehead atoms. The number of fused-ring (bicyclic) bond motifs is 1. The minimum absolute atomic E-state index is 0.103. The normalized spacial score (nSPS) is 24.6. The Morgan fingerprint density at radius 3 is 2.35 bits per heavy atom. The van der Waals surface area contributed by atoms with Gasteiger partial charge in [-0.25, -0.2) is 0 Å². The van der Waals surface area contributed by atoms with E-state index in [4.69, 9.17) is 0 Å². The predicted octanol–water partition coefficient (Wildman–Crippen LogP) is 1.90. The van der Waals surface area contributed by atoms with Crippen molar-refractivity contribution in [3.63, 3.8) is 0 Å². The molecule has 3 aliphatic heterocycles. The first kappa shape index (κ1) is 17.5. The Labute approximate surface area is 155 Å². The lowest BCUT2D eigenvalue weighted by atomic mass is 9.95. The molecule has 3 aliphatic rings. The van der Waals surface area contributed by atoms with Crippen LogP contribution in [0, 0.1) is 5.92 Å². The van der Waals surface area contributed by atoms with Gasteiger partial charge in [-0.3, -0.25) is 14.5 Å². The molecule has 1 aromatic carbocycles. The van der Waals surface area contributed by atoms with E-state index in [9.17, 15) is 9.59 Å². The van der Waals surface area contributed by atoms with E-state index in [2.05, 4.69) is 34.1 Å². The van der Waals surface area contributed by atoms with Gasteiger partial charge < -0.3 is 9.80 Å². The zero-order valence-corrected chi connectivity index (χ0v) is 15.7. The molecule has 0 aliphatic carbocycles. The molecule has 0 spiro atoms. The topological polar surface area (TPSA) is 43.9 Å². The van der Waals surface area contributed by atoms with E-state index >= 15 is 0 Å². The van der Waals surface area contributed by atoms with Crippen molar-refractivity contribution in [3.8, 4) is 0 Å². The number of piperidine rings is 1. The second-order valence-corrected chi connectivity index (χ2v) is 8.00. The molecule has 2 fully saturated rings. The van der Waals surface area contributed by atoms with Crippen molar-refractivity contribution in [2.45, 2.75) is 45.2 Å². The van der Waals surface area contributed by atoms with Crippen LogP contribution in [0.25, 0.3) is 0 Å². The first-order chi connectivity index (χ1) is 12.6. The van der Waals surface area contributed by atoms with Crippen LogP contribution >= 0.6 is 0 Å². The molecule has 2 saturated heterocycles. The number of nitrogens with zero attached hydrogens (tertiary/aromatic N) is 3. The molecule has 0 saturated carbocycles. The average Bonchev–Trinajstić information content (AvgIpc) is 3.17. The first-order valence-corrected chi connectivity index (χ1v) is 9.97. The summed E-state index contributed by atoms with van der Waals surface area (Å²) in [5, 5.41) is 0. The summed E-state index contributed by atoms with van der Waals surface area (Å²) < 4.78 is 0. The minimum atomic E-state index is 0.103. The fourth-order valence-electron chi connectivity index (χ4n) is 4.77. The van der Waals surface area contributed by atoms with Crippen LogP contribution in [0.2, 0.25) is 0 Å². The number of rotatable bonds is 2. The average molecular weight is 355 g/mol. The van der Waals surface area contributed by atoms with E-state index < -0.39 is 0 Å². The summed E-state index contributed by atoms with van der Waals surface area (Å²) in [5.74, 6) is 0.544. The van der Waals surface area contributed by atoms with Gasteiger partial charge in [0.1, 0.15) is 0 Å². The Morgan fingerprint density at radius 2 is 1.62 bits per heavy atom. The fraction of sp³-hybridized carbons (Fsp3) is 0.619. The van der Waals surface area contributed by atoms with Crippen LogP contribution in [-0.4, -0.2) is 65.3 Å². The SMILES string of the molecule is CC(=O)N1CCC(C(=O)N2CCC(N3CCc4ccccc4C3)C2)CC1. The zero-order chi connectivity index (χ0) is 18.1. The zero-order valence-electron chi connectivity index (χ0n) is 15.7. The molecule has 3 heterocycles. The largest absolute Gasteiger partial charge is 0.343 e. The number of hydrogen-bond donors (Lipinski definition) is 0. The Bertz CT molecular complexity index is 682. The summed E-state index contributed by atoms with van der Waals surface area (Å²) in [4.78, 5) is 30.9. The maximum Gasteiger partial charge on any atom is 0.225 e. The van der Waals surface area contributed by atoms with Gasteiger partial charge in [0.05, 0.1) is 0 Å².